The molecule has 4 atom stereocenters. The van der Waals surface area contributed by atoms with Crippen molar-refractivity contribution in [2.24, 2.45) is 11.8 Å². The quantitative estimate of drug-likeness (QED) is 0.790. The number of hydrogen-bond donors (Lipinski definition) is 0. The van der Waals surface area contributed by atoms with Gasteiger partial charge >= 0.3 is 0 Å². The van der Waals surface area contributed by atoms with Gasteiger partial charge in [0.2, 0.25) is 11.8 Å². The molecule has 0 N–H and O–H groups in total. The van der Waals surface area contributed by atoms with Crippen LogP contribution >= 0.6 is 11.6 Å². The third-order valence-corrected chi connectivity index (χ3v) is 5.67. The molecule has 128 valence electrons. The molecule has 2 bridgehead atoms. The molecule has 7 heteroatoms. The van der Waals surface area contributed by atoms with Crippen LogP contribution in [0, 0.1) is 11.8 Å². The minimum Gasteiger partial charge on any atom is -0.373 e. The molecule has 0 radical (unpaired) electrons. The molecule has 4 heterocycles. The predicted octanol–water partition coefficient (Wildman–Crippen LogP) is 2.25. The van der Waals surface area contributed by atoms with E-state index < -0.39 is 0 Å². The molecular weight excluding hydrogens is 342 g/mol. The van der Waals surface area contributed by atoms with Crippen LogP contribution in [0.1, 0.15) is 18.4 Å². The molecule has 2 amide bonds. The van der Waals surface area contributed by atoms with Gasteiger partial charge in [-0.3, -0.25) is 14.3 Å². The van der Waals surface area contributed by atoms with E-state index in [0.29, 0.717) is 17.3 Å². The molecule has 0 aliphatic carbocycles. The highest BCUT2D eigenvalue weighted by Crippen LogP contribution is 2.49. The largest absolute Gasteiger partial charge is 0.373 e. The summed E-state index contributed by atoms with van der Waals surface area (Å²) in [5.74, 6) is -0.918. The van der Waals surface area contributed by atoms with E-state index in [0.717, 1.165) is 18.4 Å². The number of carbonyl (C=O) groups excluding carboxylic acids is 2. The molecule has 0 unspecified atom stereocenters. The highest BCUT2D eigenvalue weighted by Gasteiger charge is 2.62. The van der Waals surface area contributed by atoms with Gasteiger partial charge in [0.05, 0.1) is 42.5 Å². The third kappa shape index (κ3) is 2.24. The fourth-order valence-electron chi connectivity index (χ4n) is 4.30. The van der Waals surface area contributed by atoms with Crippen molar-refractivity contribution in [2.45, 2.75) is 31.6 Å². The average Bonchev–Trinajstić information content (AvgIpc) is 3.35. The number of nitrogens with zero attached hydrogens (tertiary/aromatic N) is 3. The second kappa shape index (κ2) is 5.41. The minimum absolute atomic E-state index is 0.0967. The van der Waals surface area contributed by atoms with Crippen molar-refractivity contribution >= 4 is 29.1 Å². The maximum Gasteiger partial charge on any atom is 0.240 e. The number of imide groups is 1. The second-order valence-corrected chi connectivity index (χ2v) is 7.31. The van der Waals surface area contributed by atoms with E-state index in [-0.39, 0.29) is 35.9 Å². The monoisotopic (exact) mass is 357 g/mol. The van der Waals surface area contributed by atoms with Gasteiger partial charge in [-0.1, -0.05) is 23.7 Å². The Kier molecular flexibility index (Phi) is 3.27. The number of hydrogen-bond acceptors (Lipinski definition) is 4. The Labute approximate surface area is 149 Å². The van der Waals surface area contributed by atoms with Crippen molar-refractivity contribution in [3.63, 3.8) is 0 Å². The maximum atomic E-state index is 12.8. The number of halogens is 1. The molecule has 6 nitrogen and oxygen atoms in total. The average molecular weight is 358 g/mol. The summed E-state index contributed by atoms with van der Waals surface area (Å²) in [6.45, 7) is 0.550. The van der Waals surface area contributed by atoms with Crippen LogP contribution in [0.15, 0.2) is 36.7 Å². The number of rotatable bonds is 3. The number of fused-ring (bicyclic) bond motifs is 5. The van der Waals surface area contributed by atoms with E-state index in [4.69, 9.17) is 16.3 Å². The molecule has 0 spiro atoms. The Morgan fingerprint density at radius 2 is 1.72 bits per heavy atom. The standard InChI is InChI=1S/C18H16ClN3O3/c19-11-3-1-10(2-4-11)8-21-9-12(7-20-21)22-17(23)15-13-5-6-14(25-13)16(15)18(22)24/h1-4,7,9,13-16H,5-6,8H2/t13-,14+,15-,16+. The van der Waals surface area contributed by atoms with Crippen LogP contribution in [0.4, 0.5) is 5.69 Å². The van der Waals surface area contributed by atoms with E-state index >= 15 is 0 Å². The lowest BCUT2D eigenvalue weighted by Gasteiger charge is -2.15. The van der Waals surface area contributed by atoms with Gasteiger partial charge in [0.15, 0.2) is 0 Å². The van der Waals surface area contributed by atoms with Gasteiger partial charge in [-0.25, -0.2) is 4.90 Å². The fraction of sp³-hybridized carbons (Fsp3) is 0.389. The highest BCUT2D eigenvalue weighted by molar-refractivity contribution is 6.30. The van der Waals surface area contributed by atoms with Crippen LogP contribution in [0.25, 0.3) is 0 Å². The van der Waals surface area contributed by atoms with Gasteiger partial charge in [0.25, 0.3) is 0 Å². The minimum atomic E-state index is -0.314. The summed E-state index contributed by atoms with van der Waals surface area (Å²) in [4.78, 5) is 26.8. The lowest BCUT2D eigenvalue weighted by Crippen LogP contribution is -2.33. The summed E-state index contributed by atoms with van der Waals surface area (Å²) in [6.07, 6.45) is 4.87. The summed E-state index contributed by atoms with van der Waals surface area (Å²) in [6, 6.07) is 7.50. The van der Waals surface area contributed by atoms with E-state index in [9.17, 15) is 9.59 Å². The molecule has 5 rings (SSSR count). The lowest BCUT2D eigenvalue weighted by molar-refractivity contribution is -0.124. The van der Waals surface area contributed by atoms with E-state index in [1.54, 1.807) is 17.1 Å². The number of amides is 2. The molecular formula is C18H16ClN3O3. The summed E-state index contributed by atoms with van der Waals surface area (Å²) >= 11 is 5.90. The Bertz CT molecular complexity index is 835. The van der Waals surface area contributed by atoms with Crippen LogP contribution in [-0.4, -0.2) is 33.8 Å². The second-order valence-electron chi connectivity index (χ2n) is 6.88. The van der Waals surface area contributed by atoms with Gasteiger partial charge in [0.1, 0.15) is 0 Å². The summed E-state index contributed by atoms with van der Waals surface area (Å²) < 4.78 is 7.48. The van der Waals surface area contributed by atoms with Crippen molar-refractivity contribution < 1.29 is 14.3 Å². The van der Waals surface area contributed by atoms with Crippen LogP contribution in [-0.2, 0) is 20.9 Å². The first kappa shape index (κ1) is 15.1. The van der Waals surface area contributed by atoms with Crippen molar-refractivity contribution in [1.29, 1.82) is 0 Å². The first-order valence-corrected chi connectivity index (χ1v) is 8.80. The van der Waals surface area contributed by atoms with Gasteiger partial charge in [-0.15, -0.1) is 0 Å². The maximum absolute atomic E-state index is 12.8. The summed E-state index contributed by atoms with van der Waals surface area (Å²) in [5.41, 5.74) is 1.58. The molecule has 2 aromatic rings. The molecule has 3 aliphatic heterocycles. The van der Waals surface area contributed by atoms with Gasteiger partial charge in [0, 0.05) is 11.2 Å². The van der Waals surface area contributed by atoms with Crippen LogP contribution in [0.5, 0.6) is 0 Å². The fourth-order valence-corrected chi connectivity index (χ4v) is 4.42. The number of aromatic nitrogens is 2. The Morgan fingerprint density at radius 1 is 1.08 bits per heavy atom. The summed E-state index contributed by atoms with van der Waals surface area (Å²) in [5, 5.41) is 4.98. The molecule has 1 aromatic carbocycles. The predicted molar refractivity (Wildman–Crippen MR) is 90.1 cm³/mol. The van der Waals surface area contributed by atoms with E-state index in [1.807, 2.05) is 24.3 Å². The summed E-state index contributed by atoms with van der Waals surface area (Å²) in [7, 11) is 0. The SMILES string of the molecule is O=C1[C@@H]2[C@H](C(=O)N1c1cnn(Cc3ccc(Cl)cc3)c1)[C@H]1CC[C@@H]2O1. The first-order chi connectivity index (χ1) is 12.1. The van der Waals surface area contributed by atoms with Crippen LogP contribution in [0.2, 0.25) is 5.02 Å². The molecule has 3 aliphatic rings. The zero-order valence-electron chi connectivity index (χ0n) is 13.3. The Hall–Kier alpha value is -2.18. The third-order valence-electron chi connectivity index (χ3n) is 5.42. The van der Waals surface area contributed by atoms with Gasteiger partial charge < -0.3 is 4.74 Å². The van der Waals surface area contributed by atoms with Crippen molar-refractivity contribution in [3.05, 3.63) is 47.2 Å². The molecule has 25 heavy (non-hydrogen) atoms. The zero-order valence-corrected chi connectivity index (χ0v) is 14.1. The van der Waals surface area contributed by atoms with Crippen molar-refractivity contribution in [2.75, 3.05) is 4.90 Å². The number of ether oxygens (including phenoxy) is 1. The van der Waals surface area contributed by atoms with Crippen LogP contribution in [0.3, 0.4) is 0 Å². The molecule has 1 aromatic heterocycles. The topological polar surface area (TPSA) is 64.4 Å². The first-order valence-electron chi connectivity index (χ1n) is 8.42. The Morgan fingerprint density at radius 3 is 2.36 bits per heavy atom. The van der Waals surface area contributed by atoms with E-state index in [1.165, 1.54) is 4.90 Å². The number of benzene rings is 1. The number of carbonyl (C=O) groups is 2. The smallest absolute Gasteiger partial charge is 0.240 e. The van der Waals surface area contributed by atoms with Gasteiger partial charge in [-0.05, 0) is 30.5 Å². The van der Waals surface area contributed by atoms with Crippen molar-refractivity contribution in [3.8, 4) is 0 Å². The molecule has 3 fully saturated rings. The normalized spacial score (nSPS) is 30.4. The van der Waals surface area contributed by atoms with Crippen molar-refractivity contribution in [1.82, 2.24) is 9.78 Å². The molecule has 3 saturated heterocycles. The van der Waals surface area contributed by atoms with E-state index in [2.05, 4.69) is 5.10 Å². The Balaban J connectivity index is 1.39. The zero-order chi connectivity index (χ0) is 17.1. The number of anilines is 1. The lowest BCUT2D eigenvalue weighted by atomic mass is 9.81. The highest BCUT2D eigenvalue weighted by atomic mass is 35.5. The van der Waals surface area contributed by atoms with Crippen LogP contribution < -0.4 is 4.90 Å². The molecule has 0 saturated carbocycles. The van der Waals surface area contributed by atoms with Gasteiger partial charge in [-0.2, -0.15) is 5.10 Å².